The molecular weight excluding hydrogens is 670 g/mol. The summed E-state index contributed by atoms with van der Waals surface area (Å²) in [6, 6.07) is 53.4. The third kappa shape index (κ3) is 5.37. The van der Waals surface area contributed by atoms with E-state index < -0.39 is 14.3 Å². The molecule has 3 nitrogen and oxygen atoms in total. The second kappa shape index (κ2) is 12.7. The fourth-order valence-electron chi connectivity index (χ4n) is 5.91. The molecule has 6 heteroatoms. The predicted molar refractivity (Wildman–Crippen MR) is 196 cm³/mol. The maximum Gasteiger partial charge on any atom is 0.178 e. The van der Waals surface area contributed by atoms with Crippen LogP contribution in [0.5, 0.6) is 0 Å². The molecule has 7 rings (SSSR count). The zero-order valence-electron chi connectivity index (χ0n) is 24.7. The van der Waals surface area contributed by atoms with Crippen LogP contribution in [0.25, 0.3) is 17.6 Å². The molecule has 1 aliphatic rings. The van der Waals surface area contributed by atoms with E-state index in [1.807, 2.05) is 176 Å². The molecule has 46 heavy (non-hydrogen) atoms. The first-order valence-electron chi connectivity index (χ1n) is 14.9. The van der Waals surface area contributed by atoms with Gasteiger partial charge in [-0.2, -0.15) is 0 Å². The monoisotopic (exact) mass is 698 g/mol. The van der Waals surface area contributed by atoms with Crippen molar-refractivity contribution in [2.24, 2.45) is 0 Å². The highest BCUT2D eigenvalue weighted by Gasteiger charge is 2.48. The van der Waals surface area contributed by atoms with Crippen molar-refractivity contribution >= 4 is 69.0 Å². The van der Waals surface area contributed by atoms with Gasteiger partial charge in [-0.15, -0.1) is 0 Å². The van der Waals surface area contributed by atoms with E-state index >= 15 is 9.13 Å². The molecule has 0 amide bonds. The fraction of sp³-hybridized carbons (Fsp3) is 0. The third-order valence-corrected chi connectivity index (χ3v) is 16.0. The molecule has 1 aliphatic heterocycles. The van der Waals surface area contributed by atoms with Crippen molar-refractivity contribution in [2.45, 2.75) is 0 Å². The minimum absolute atomic E-state index is 0.282. The maximum absolute atomic E-state index is 16.6. The Balaban J connectivity index is 1.68. The average molecular weight is 700 g/mol. The molecule has 0 aliphatic carbocycles. The zero-order valence-corrected chi connectivity index (χ0v) is 28.1. The Kier molecular flexibility index (Phi) is 8.36. The lowest BCUT2D eigenvalue weighted by Gasteiger charge is -2.33. The highest BCUT2D eigenvalue weighted by atomic mass is 79.9. The average Bonchev–Trinajstić information content (AvgIpc) is 3.13. The lowest BCUT2D eigenvalue weighted by molar-refractivity contribution is 0.469. The van der Waals surface area contributed by atoms with E-state index in [0.29, 0.717) is 32.7 Å². The minimum Gasteiger partial charge on any atom is -0.455 e. The van der Waals surface area contributed by atoms with E-state index in [9.17, 15) is 0 Å². The summed E-state index contributed by atoms with van der Waals surface area (Å²) in [6.07, 6.45) is 1.99. The molecule has 6 aromatic rings. The number of benzene rings is 6. The maximum atomic E-state index is 16.6. The SMILES string of the molecule is O=P(C(=C1OC(c2ccc(Br)cc2)=Cc2ccccc21)P(=O)(c1ccccc1)c1ccccc1)(c1ccccc1)c1ccccc1. The third-order valence-electron chi connectivity index (χ3n) is 8.11. The van der Waals surface area contributed by atoms with Crippen LogP contribution in [-0.2, 0) is 13.9 Å². The molecule has 0 spiro atoms. The molecule has 0 aromatic heterocycles. The van der Waals surface area contributed by atoms with E-state index in [0.717, 1.165) is 21.2 Å². The molecule has 0 unspecified atom stereocenters. The van der Waals surface area contributed by atoms with E-state index in [2.05, 4.69) is 15.9 Å². The van der Waals surface area contributed by atoms with Crippen molar-refractivity contribution in [3.05, 3.63) is 196 Å². The summed E-state index contributed by atoms with van der Waals surface area (Å²) in [5.74, 6) is 0.933. The molecule has 0 radical (unpaired) electrons. The summed E-state index contributed by atoms with van der Waals surface area (Å²) in [7, 11) is -7.76. The van der Waals surface area contributed by atoms with Gasteiger partial charge in [0.1, 0.15) is 10.8 Å². The van der Waals surface area contributed by atoms with E-state index in [1.54, 1.807) is 0 Å². The van der Waals surface area contributed by atoms with Crippen LogP contribution in [0.4, 0.5) is 0 Å². The van der Waals surface area contributed by atoms with Crippen LogP contribution in [0.2, 0.25) is 0 Å². The van der Waals surface area contributed by atoms with Crippen molar-refractivity contribution in [1.82, 2.24) is 0 Å². The van der Waals surface area contributed by atoms with Crippen LogP contribution < -0.4 is 21.2 Å². The van der Waals surface area contributed by atoms with Gasteiger partial charge < -0.3 is 13.9 Å². The Morgan fingerprint density at radius 2 is 0.870 bits per heavy atom. The molecule has 6 aromatic carbocycles. The molecule has 0 atom stereocenters. The van der Waals surface area contributed by atoms with Crippen molar-refractivity contribution in [1.29, 1.82) is 0 Å². The van der Waals surface area contributed by atoms with Gasteiger partial charge in [0, 0.05) is 36.8 Å². The Hall–Kier alpha value is -4.46. The summed E-state index contributed by atoms with van der Waals surface area (Å²) in [4.78, 5) is 0. The Labute approximate surface area is 277 Å². The first kappa shape index (κ1) is 30.2. The largest absolute Gasteiger partial charge is 0.455 e. The number of hydrogen-bond donors (Lipinski definition) is 0. The first-order chi connectivity index (χ1) is 22.5. The number of ether oxygens (including phenoxy) is 1. The van der Waals surface area contributed by atoms with E-state index in [4.69, 9.17) is 4.74 Å². The van der Waals surface area contributed by atoms with Crippen LogP contribution >= 0.6 is 30.2 Å². The summed E-state index contributed by atoms with van der Waals surface area (Å²) < 4.78 is 41.0. The van der Waals surface area contributed by atoms with Gasteiger partial charge in [0.25, 0.3) is 0 Å². The minimum atomic E-state index is -3.88. The lowest BCUT2D eigenvalue weighted by atomic mass is 10.0. The number of rotatable bonds is 7. The summed E-state index contributed by atoms with van der Waals surface area (Å²) >= 11 is 3.54. The lowest BCUT2D eigenvalue weighted by Crippen LogP contribution is -2.25. The Morgan fingerprint density at radius 3 is 1.30 bits per heavy atom. The summed E-state index contributed by atoms with van der Waals surface area (Å²) in [5.41, 5.74) is 2.47. The molecule has 0 fully saturated rings. The fourth-order valence-corrected chi connectivity index (χ4v) is 14.0. The first-order valence-corrected chi connectivity index (χ1v) is 19.1. The van der Waals surface area contributed by atoms with Crippen molar-refractivity contribution in [2.75, 3.05) is 0 Å². The van der Waals surface area contributed by atoms with Gasteiger partial charge in [-0.05, 0) is 23.8 Å². The predicted octanol–water partition coefficient (Wildman–Crippen LogP) is 9.63. The highest BCUT2D eigenvalue weighted by Crippen LogP contribution is 2.72. The van der Waals surface area contributed by atoms with Crippen LogP contribution in [0, 0.1) is 0 Å². The van der Waals surface area contributed by atoms with Crippen molar-refractivity contribution in [3.63, 3.8) is 0 Å². The Morgan fingerprint density at radius 1 is 0.478 bits per heavy atom. The van der Waals surface area contributed by atoms with E-state index in [-0.39, 0.29) is 5.06 Å². The molecular formula is C40H29BrO3P2. The second-order valence-electron chi connectivity index (χ2n) is 10.9. The van der Waals surface area contributed by atoms with Gasteiger partial charge in [0.2, 0.25) is 0 Å². The van der Waals surface area contributed by atoms with Crippen molar-refractivity contribution < 1.29 is 13.9 Å². The van der Waals surface area contributed by atoms with Gasteiger partial charge in [-0.3, -0.25) is 0 Å². The van der Waals surface area contributed by atoms with Crippen molar-refractivity contribution in [3.8, 4) is 0 Å². The molecule has 1 heterocycles. The molecule has 0 bridgehead atoms. The Bertz CT molecular complexity index is 1980. The quantitative estimate of drug-likeness (QED) is 0.156. The van der Waals surface area contributed by atoms with Crippen LogP contribution in [-0.4, -0.2) is 0 Å². The number of hydrogen-bond acceptors (Lipinski definition) is 3. The van der Waals surface area contributed by atoms with Gasteiger partial charge in [-0.25, -0.2) is 0 Å². The standard InChI is InChI=1S/C40H29BrO3P2/c41-32-27-25-30(26-28-32)38-29-31-15-13-14-24-37(31)39(44-38)40(45(42,33-16-5-1-6-17-33)34-18-7-2-8-19-34)46(43,35-20-9-3-10-21-35)36-22-11-4-12-23-36/h1-29H. The topological polar surface area (TPSA) is 43.4 Å². The molecule has 224 valence electrons. The number of fused-ring (bicyclic) bond motifs is 1. The number of halogens is 1. The van der Waals surface area contributed by atoms with Gasteiger partial charge in [0.15, 0.2) is 20.0 Å². The summed E-state index contributed by atoms with van der Waals surface area (Å²) in [6.45, 7) is 0. The van der Waals surface area contributed by atoms with Gasteiger partial charge in [0.05, 0.1) is 0 Å². The van der Waals surface area contributed by atoms with Crippen LogP contribution in [0.15, 0.2) is 179 Å². The van der Waals surface area contributed by atoms with E-state index in [1.165, 1.54) is 0 Å². The highest BCUT2D eigenvalue weighted by molar-refractivity contribution is 9.10. The van der Waals surface area contributed by atoms with Crippen LogP contribution in [0.3, 0.4) is 0 Å². The van der Waals surface area contributed by atoms with Gasteiger partial charge in [-0.1, -0.05) is 174 Å². The zero-order chi connectivity index (χ0) is 31.6. The van der Waals surface area contributed by atoms with Crippen LogP contribution in [0.1, 0.15) is 16.7 Å². The summed E-state index contributed by atoms with van der Waals surface area (Å²) in [5, 5.41) is 2.60. The normalized spacial score (nSPS) is 12.9. The molecule has 0 saturated carbocycles. The molecule has 0 N–H and O–H groups in total. The smallest absolute Gasteiger partial charge is 0.178 e. The molecule has 0 saturated heterocycles. The second-order valence-corrected chi connectivity index (χ2v) is 17.6. The van der Waals surface area contributed by atoms with Gasteiger partial charge >= 0.3 is 0 Å².